The summed E-state index contributed by atoms with van der Waals surface area (Å²) >= 11 is 7.35. The van der Waals surface area contributed by atoms with E-state index >= 15 is 0 Å². The smallest absolute Gasteiger partial charge is 0.340 e. The Morgan fingerprint density at radius 1 is 0.909 bits per heavy atom. The molecule has 33 heavy (non-hydrogen) atoms. The van der Waals surface area contributed by atoms with Crippen molar-refractivity contribution in [2.24, 2.45) is 0 Å². The highest BCUT2D eigenvalue weighted by atomic mass is 32.1. The zero-order valence-electron chi connectivity index (χ0n) is 18.2. The Balaban J connectivity index is 1.62. The van der Waals surface area contributed by atoms with Crippen LogP contribution in [0.5, 0.6) is 0 Å². The van der Waals surface area contributed by atoms with Gasteiger partial charge in [0.05, 0.1) is 19.2 Å². The van der Waals surface area contributed by atoms with Gasteiger partial charge in [-0.25, -0.2) is 4.79 Å². The molecule has 0 radical (unpaired) electrons. The lowest BCUT2D eigenvalue weighted by Crippen LogP contribution is -2.34. The molecule has 0 unspecified atom stereocenters. The predicted octanol–water partition coefficient (Wildman–Crippen LogP) is 6.53. The van der Waals surface area contributed by atoms with Crippen molar-refractivity contribution in [2.45, 2.75) is 13.0 Å². The number of rotatable bonds is 7. The maximum Gasteiger partial charge on any atom is 0.340 e. The number of thiocarbonyl (C=S) groups is 1. The zero-order valence-corrected chi connectivity index (χ0v) is 19.9. The Morgan fingerprint density at radius 2 is 1.48 bits per heavy atom. The van der Waals surface area contributed by atoms with Crippen LogP contribution in [0, 0.1) is 0 Å². The molecule has 1 N–H and O–H groups in total. The van der Waals surface area contributed by atoms with Gasteiger partial charge in [-0.2, -0.15) is 0 Å². The number of anilines is 2. The molecule has 0 fully saturated rings. The highest BCUT2D eigenvalue weighted by Gasteiger charge is 2.20. The number of ether oxygens (including phenoxy) is 1. The number of methoxy groups -OCH3 is 1. The Kier molecular flexibility index (Phi) is 7.50. The first-order chi connectivity index (χ1) is 16.1. The van der Waals surface area contributed by atoms with Crippen LogP contribution in [0.15, 0.2) is 97.1 Å². The third-order valence-corrected chi connectivity index (χ3v) is 6.50. The van der Waals surface area contributed by atoms with E-state index in [0.29, 0.717) is 22.2 Å². The molecule has 0 amide bonds. The van der Waals surface area contributed by atoms with Gasteiger partial charge < -0.3 is 15.0 Å². The van der Waals surface area contributed by atoms with Crippen molar-refractivity contribution in [3.05, 3.63) is 119 Å². The summed E-state index contributed by atoms with van der Waals surface area (Å²) in [5.74, 6) is -0.384. The fourth-order valence-corrected chi connectivity index (χ4v) is 4.91. The van der Waals surface area contributed by atoms with Crippen molar-refractivity contribution in [3.63, 3.8) is 0 Å². The third kappa shape index (κ3) is 5.86. The van der Waals surface area contributed by atoms with Gasteiger partial charge in [-0.3, -0.25) is 0 Å². The Bertz CT molecular complexity index is 1210. The van der Waals surface area contributed by atoms with Gasteiger partial charge in [0.2, 0.25) is 0 Å². The fourth-order valence-electron chi connectivity index (χ4n) is 3.50. The van der Waals surface area contributed by atoms with Gasteiger partial charge in [0.25, 0.3) is 0 Å². The number of hydrogen-bond acceptors (Lipinski definition) is 4. The number of esters is 1. The molecule has 1 aromatic heterocycles. The first kappa shape index (κ1) is 22.7. The average Bonchev–Trinajstić information content (AvgIpc) is 3.25. The molecule has 4 rings (SSSR count). The van der Waals surface area contributed by atoms with Crippen LogP contribution in [-0.4, -0.2) is 18.2 Å². The van der Waals surface area contributed by atoms with Crippen LogP contribution >= 0.6 is 23.6 Å². The van der Waals surface area contributed by atoms with E-state index in [4.69, 9.17) is 17.0 Å². The van der Waals surface area contributed by atoms with Crippen LogP contribution in [0.4, 0.5) is 10.7 Å². The van der Waals surface area contributed by atoms with Crippen LogP contribution in [0.25, 0.3) is 0 Å². The first-order valence-corrected chi connectivity index (χ1v) is 11.8. The van der Waals surface area contributed by atoms with Gasteiger partial charge in [-0.05, 0) is 41.5 Å². The summed E-state index contributed by atoms with van der Waals surface area (Å²) < 4.78 is 5.03. The molecule has 0 spiro atoms. The highest BCUT2D eigenvalue weighted by Crippen LogP contribution is 2.31. The molecule has 6 heteroatoms. The number of carbonyl (C=O) groups excluding carboxylic acids is 1. The predicted molar refractivity (Wildman–Crippen MR) is 140 cm³/mol. The van der Waals surface area contributed by atoms with Gasteiger partial charge in [0.1, 0.15) is 5.00 Å². The average molecular weight is 473 g/mol. The molecule has 0 aliphatic rings. The molecule has 4 nitrogen and oxygen atoms in total. The number of para-hydroxylation sites is 1. The lowest BCUT2D eigenvalue weighted by molar-refractivity contribution is 0.0602. The fraction of sp³-hybridized carbons (Fsp3) is 0.111. The molecule has 0 bridgehead atoms. The zero-order chi connectivity index (χ0) is 23.0. The summed E-state index contributed by atoms with van der Waals surface area (Å²) in [6, 6.07) is 32.2. The van der Waals surface area contributed by atoms with Crippen molar-refractivity contribution in [1.82, 2.24) is 0 Å². The normalized spacial score (nSPS) is 10.5. The molecular formula is C27H24N2O2S2. The van der Waals surface area contributed by atoms with Crippen molar-refractivity contribution in [3.8, 4) is 0 Å². The SMILES string of the molecule is COC(=O)c1cc(Cc2ccccc2)sc1NC(=S)N(Cc1ccccc1)c1ccccc1. The van der Waals surface area contributed by atoms with E-state index in [-0.39, 0.29) is 5.97 Å². The van der Waals surface area contributed by atoms with Crippen LogP contribution in [-0.2, 0) is 17.7 Å². The molecule has 0 atom stereocenters. The summed E-state index contributed by atoms with van der Waals surface area (Å²) in [6.07, 6.45) is 0.732. The molecule has 0 saturated heterocycles. The number of benzene rings is 3. The third-order valence-electron chi connectivity index (χ3n) is 5.13. The maximum absolute atomic E-state index is 12.5. The highest BCUT2D eigenvalue weighted by molar-refractivity contribution is 7.80. The Labute approximate surface area is 203 Å². The Morgan fingerprint density at radius 3 is 2.09 bits per heavy atom. The minimum absolute atomic E-state index is 0.384. The van der Waals surface area contributed by atoms with Crippen molar-refractivity contribution < 1.29 is 9.53 Å². The van der Waals surface area contributed by atoms with E-state index in [1.54, 1.807) is 0 Å². The van der Waals surface area contributed by atoms with Crippen LogP contribution in [0.2, 0.25) is 0 Å². The van der Waals surface area contributed by atoms with E-state index in [9.17, 15) is 4.79 Å². The number of nitrogens with one attached hydrogen (secondary N) is 1. The van der Waals surface area contributed by atoms with Crippen molar-refractivity contribution >= 4 is 45.3 Å². The maximum atomic E-state index is 12.5. The number of carbonyl (C=O) groups is 1. The van der Waals surface area contributed by atoms with Crippen molar-refractivity contribution in [1.29, 1.82) is 0 Å². The first-order valence-electron chi connectivity index (χ1n) is 10.6. The van der Waals surface area contributed by atoms with Gasteiger partial charge in [0.15, 0.2) is 5.11 Å². The van der Waals surface area contributed by atoms with Gasteiger partial charge >= 0.3 is 5.97 Å². The summed E-state index contributed by atoms with van der Waals surface area (Å²) in [7, 11) is 1.39. The number of nitrogens with zero attached hydrogens (tertiary/aromatic N) is 1. The second kappa shape index (κ2) is 10.9. The molecule has 3 aromatic carbocycles. The standard InChI is InChI=1S/C27H24N2O2S2/c1-31-26(30)24-18-23(17-20-11-5-2-6-12-20)33-25(24)28-27(32)29(22-15-9-4-10-16-22)19-21-13-7-3-8-14-21/h2-16,18H,17,19H2,1H3,(H,28,32). The lowest BCUT2D eigenvalue weighted by atomic mass is 10.1. The summed E-state index contributed by atoms with van der Waals surface area (Å²) in [6.45, 7) is 0.604. The van der Waals surface area contributed by atoms with Crippen LogP contribution in [0.3, 0.4) is 0 Å². The second-order valence-corrected chi connectivity index (χ2v) is 8.97. The van der Waals surface area contributed by atoms with E-state index in [2.05, 4.69) is 29.6 Å². The largest absolute Gasteiger partial charge is 0.465 e. The molecular weight excluding hydrogens is 448 g/mol. The quantitative estimate of drug-likeness (QED) is 0.245. The molecule has 0 aliphatic heterocycles. The lowest BCUT2D eigenvalue weighted by Gasteiger charge is -2.26. The summed E-state index contributed by atoms with van der Waals surface area (Å²) in [5, 5.41) is 4.53. The molecule has 0 saturated carbocycles. The monoisotopic (exact) mass is 472 g/mol. The summed E-state index contributed by atoms with van der Waals surface area (Å²) in [4.78, 5) is 15.6. The van der Waals surface area contributed by atoms with E-state index < -0.39 is 0 Å². The topological polar surface area (TPSA) is 41.6 Å². The number of hydrogen-bond donors (Lipinski definition) is 1. The minimum atomic E-state index is -0.384. The van der Waals surface area contributed by atoms with Crippen LogP contribution < -0.4 is 10.2 Å². The van der Waals surface area contributed by atoms with Gasteiger partial charge in [-0.1, -0.05) is 78.9 Å². The second-order valence-electron chi connectivity index (χ2n) is 7.45. The Hall–Kier alpha value is -3.48. The molecule has 166 valence electrons. The molecule has 1 heterocycles. The molecule has 4 aromatic rings. The van der Waals surface area contributed by atoms with E-state index in [1.165, 1.54) is 24.0 Å². The molecule has 0 aliphatic carbocycles. The van der Waals surface area contributed by atoms with Crippen LogP contribution in [0.1, 0.15) is 26.4 Å². The van der Waals surface area contributed by atoms with E-state index in [0.717, 1.165) is 22.5 Å². The summed E-state index contributed by atoms with van der Waals surface area (Å²) in [5.41, 5.74) is 3.77. The van der Waals surface area contributed by atoms with E-state index in [1.807, 2.05) is 77.7 Å². The van der Waals surface area contributed by atoms with Crippen molar-refractivity contribution in [2.75, 3.05) is 17.3 Å². The van der Waals surface area contributed by atoms with Gasteiger partial charge in [0, 0.05) is 17.0 Å². The van der Waals surface area contributed by atoms with Gasteiger partial charge in [-0.15, -0.1) is 11.3 Å². The number of thiophene rings is 1. The minimum Gasteiger partial charge on any atom is -0.465 e.